The van der Waals surface area contributed by atoms with E-state index in [0.717, 1.165) is 19.3 Å². The lowest BCUT2D eigenvalue weighted by Gasteiger charge is -2.13. The van der Waals surface area contributed by atoms with Gasteiger partial charge in [0.2, 0.25) is 11.1 Å². The van der Waals surface area contributed by atoms with Crippen LogP contribution in [0.15, 0.2) is 15.7 Å². The van der Waals surface area contributed by atoms with E-state index in [-0.39, 0.29) is 11.2 Å². The van der Waals surface area contributed by atoms with E-state index in [1.54, 1.807) is 24.7 Å². The Hall–Kier alpha value is -1.90. The van der Waals surface area contributed by atoms with Crippen molar-refractivity contribution in [2.75, 3.05) is 5.32 Å². The molecule has 2 aromatic rings. The number of hydrogen-bond donors (Lipinski definition) is 1. The summed E-state index contributed by atoms with van der Waals surface area (Å²) in [5.41, 5.74) is 0. The van der Waals surface area contributed by atoms with Gasteiger partial charge in [0.1, 0.15) is 5.76 Å². The van der Waals surface area contributed by atoms with E-state index in [4.69, 9.17) is 4.52 Å². The van der Waals surface area contributed by atoms with Gasteiger partial charge in [0.05, 0.1) is 5.25 Å². The largest absolute Gasteiger partial charge is 0.360 e. The smallest absolute Gasteiger partial charge is 0.239 e. The lowest BCUT2D eigenvalue weighted by Crippen LogP contribution is -2.25. The number of thioether (sulfide) groups is 1. The molecule has 0 aromatic carbocycles. The van der Waals surface area contributed by atoms with Crippen molar-refractivity contribution >= 4 is 23.5 Å². The third kappa shape index (κ3) is 4.28. The second-order valence-electron chi connectivity index (χ2n) is 4.65. The van der Waals surface area contributed by atoms with Gasteiger partial charge in [-0.25, -0.2) is 4.68 Å². The number of nitrogens with zero attached hydrogens (tertiary/aromatic N) is 5. The molecule has 114 valence electrons. The normalized spacial score (nSPS) is 12.3. The number of hydrogen-bond acceptors (Lipinski definition) is 7. The van der Waals surface area contributed by atoms with Gasteiger partial charge in [-0.2, -0.15) is 0 Å². The van der Waals surface area contributed by atoms with E-state index in [2.05, 4.69) is 32.9 Å². The van der Waals surface area contributed by atoms with Crippen molar-refractivity contribution < 1.29 is 9.32 Å². The summed E-state index contributed by atoms with van der Waals surface area (Å²) in [6, 6.07) is 1.68. The average molecular weight is 310 g/mol. The molecule has 0 fully saturated rings. The van der Waals surface area contributed by atoms with Gasteiger partial charge in [-0.1, -0.05) is 36.7 Å². The summed E-state index contributed by atoms with van der Waals surface area (Å²) in [4.78, 5) is 12.4. The van der Waals surface area contributed by atoms with Crippen molar-refractivity contribution in [3.63, 3.8) is 0 Å². The summed E-state index contributed by atoms with van der Waals surface area (Å²) < 4.78 is 6.50. The lowest BCUT2D eigenvalue weighted by atomic mass is 10.2. The van der Waals surface area contributed by atoms with E-state index >= 15 is 0 Å². The Bertz CT molecular complexity index is 596. The summed E-state index contributed by atoms with van der Waals surface area (Å²) in [5, 5.41) is 18.1. The maximum atomic E-state index is 12.4. The highest BCUT2D eigenvalue weighted by Gasteiger charge is 2.23. The third-order valence-corrected chi connectivity index (χ3v) is 4.11. The van der Waals surface area contributed by atoms with Gasteiger partial charge >= 0.3 is 0 Å². The highest BCUT2D eigenvalue weighted by molar-refractivity contribution is 8.00. The zero-order valence-electron chi connectivity index (χ0n) is 12.2. The summed E-state index contributed by atoms with van der Waals surface area (Å²) in [5.74, 6) is 0.959. The average Bonchev–Trinajstić information content (AvgIpc) is 3.03. The fourth-order valence-electron chi connectivity index (χ4n) is 1.71. The number of nitrogens with one attached hydrogen (secondary N) is 1. The molecule has 21 heavy (non-hydrogen) atoms. The molecule has 9 heteroatoms. The van der Waals surface area contributed by atoms with Gasteiger partial charge in [-0.05, 0) is 23.8 Å². The number of amides is 1. The molecule has 0 spiro atoms. The van der Waals surface area contributed by atoms with Crippen LogP contribution in [0, 0.1) is 6.92 Å². The number of carbonyl (C=O) groups excluding carboxylic acids is 1. The molecule has 2 heterocycles. The van der Waals surface area contributed by atoms with Gasteiger partial charge in [0, 0.05) is 13.1 Å². The molecular weight excluding hydrogens is 292 g/mol. The van der Waals surface area contributed by atoms with E-state index in [1.165, 1.54) is 11.8 Å². The highest BCUT2D eigenvalue weighted by atomic mass is 32.2. The molecule has 0 saturated carbocycles. The van der Waals surface area contributed by atoms with Crippen LogP contribution < -0.4 is 5.32 Å². The van der Waals surface area contributed by atoms with Crippen LogP contribution in [0.2, 0.25) is 0 Å². The van der Waals surface area contributed by atoms with Crippen LogP contribution in [0.3, 0.4) is 0 Å². The zero-order chi connectivity index (χ0) is 15.2. The predicted octanol–water partition coefficient (Wildman–Crippen LogP) is 1.80. The van der Waals surface area contributed by atoms with Gasteiger partial charge in [0.25, 0.3) is 0 Å². The summed E-state index contributed by atoms with van der Waals surface area (Å²) in [6.45, 7) is 3.86. The molecule has 0 aliphatic rings. The van der Waals surface area contributed by atoms with Crippen LogP contribution in [-0.4, -0.2) is 36.5 Å². The molecule has 0 saturated heterocycles. The second-order valence-corrected chi connectivity index (χ2v) is 5.82. The Balaban J connectivity index is 2.03. The zero-order valence-corrected chi connectivity index (χ0v) is 13.1. The standard InChI is InChI=1S/C12H18N6O2S/c1-4-5-6-9(21-12-14-16-17-18(12)3)11(19)13-10-7-8(2)20-15-10/h7,9H,4-6H2,1-3H3,(H,13,15,19)/t9-/m1/s1. The third-order valence-electron chi connectivity index (χ3n) is 2.82. The number of aryl methyl sites for hydroxylation is 2. The van der Waals surface area contributed by atoms with Crippen molar-refractivity contribution in [3.05, 3.63) is 11.8 Å². The minimum atomic E-state index is -0.272. The van der Waals surface area contributed by atoms with Crippen LogP contribution in [-0.2, 0) is 11.8 Å². The molecule has 1 N–H and O–H groups in total. The quantitative estimate of drug-likeness (QED) is 0.778. The SMILES string of the molecule is CCCC[C@@H](Sc1nnnn1C)C(=O)Nc1cc(C)on1. The fourth-order valence-corrected chi connectivity index (χ4v) is 2.69. The monoisotopic (exact) mass is 310 g/mol. The number of tetrazole rings is 1. The minimum absolute atomic E-state index is 0.121. The summed E-state index contributed by atoms with van der Waals surface area (Å²) in [6.07, 6.45) is 2.72. The molecule has 0 aliphatic heterocycles. The fraction of sp³-hybridized carbons (Fsp3) is 0.583. The van der Waals surface area contributed by atoms with Crippen molar-refractivity contribution in [1.82, 2.24) is 25.4 Å². The Kier molecular flexibility index (Phi) is 5.32. The van der Waals surface area contributed by atoms with Crippen LogP contribution in [0.4, 0.5) is 5.82 Å². The molecular formula is C12H18N6O2S. The van der Waals surface area contributed by atoms with Crippen LogP contribution >= 0.6 is 11.8 Å². The molecule has 0 bridgehead atoms. The van der Waals surface area contributed by atoms with E-state index in [1.807, 2.05) is 0 Å². The first-order valence-corrected chi connectivity index (χ1v) is 7.61. The molecule has 0 radical (unpaired) electrons. The van der Waals surface area contributed by atoms with Crippen molar-refractivity contribution in [1.29, 1.82) is 0 Å². The van der Waals surface area contributed by atoms with E-state index in [0.29, 0.717) is 16.7 Å². The maximum absolute atomic E-state index is 12.4. The molecule has 2 rings (SSSR count). The number of unbranched alkanes of at least 4 members (excludes halogenated alkanes) is 1. The van der Waals surface area contributed by atoms with Gasteiger partial charge in [-0.15, -0.1) is 5.10 Å². The van der Waals surface area contributed by atoms with Gasteiger partial charge in [0.15, 0.2) is 5.82 Å². The number of anilines is 1. The molecule has 0 unspecified atom stereocenters. The van der Waals surface area contributed by atoms with Crippen molar-refractivity contribution in [2.45, 2.75) is 43.5 Å². The van der Waals surface area contributed by atoms with E-state index in [9.17, 15) is 4.79 Å². The molecule has 8 nitrogen and oxygen atoms in total. The molecule has 0 aliphatic carbocycles. The number of carbonyl (C=O) groups is 1. The van der Waals surface area contributed by atoms with Crippen LogP contribution in [0.25, 0.3) is 0 Å². The topological polar surface area (TPSA) is 98.7 Å². The molecule has 1 amide bonds. The highest BCUT2D eigenvalue weighted by Crippen LogP contribution is 2.25. The van der Waals surface area contributed by atoms with Crippen molar-refractivity contribution in [3.8, 4) is 0 Å². The second kappa shape index (κ2) is 7.21. The number of aromatic nitrogens is 5. The maximum Gasteiger partial charge on any atom is 0.239 e. The van der Waals surface area contributed by atoms with Crippen LogP contribution in [0.1, 0.15) is 31.9 Å². The van der Waals surface area contributed by atoms with Gasteiger partial charge in [-0.3, -0.25) is 4.79 Å². The molecule has 1 atom stereocenters. The first-order chi connectivity index (χ1) is 10.1. The minimum Gasteiger partial charge on any atom is -0.360 e. The van der Waals surface area contributed by atoms with Crippen molar-refractivity contribution in [2.24, 2.45) is 7.05 Å². The lowest BCUT2D eigenvalue weighted by molar-refractivity contribution is -0.115. The molecule has 2 aromatic heterocycles. The predicted molar refractivity (Wildman–Crippen MR) is 77.8 cm³/mol. The van der Waals surface area contributed by atoms with E-state index < -0.39 is 0 Å². The number of rotatable bonds is 7. The summed E-state index contributed by atoms with van der Waals surface area (Å²) in [7, 11) is 1.75. The van der Waals surface area contributed by atoms with Crippen LogP contribution in [0.5, 0.6) is 0 Å². The summed E-state index contributed by atoms with van der Waals surface area (Å²) >= 11 is 1.35. The first-order valence-electron chi connectivity index (χ1n) is 6.73. The Morgan fingerprint density at radius 3 is 2.95 bits per heavy atom. The first kappa shape index (κ1) is 15.5. The van der Waals surface area contributed by atoms with Gasteiger partial charge < -0.3 is 9.84 Å². The Morgan fingerprint density at radius 1 is 1.57 bits per heavy atom. The Labute approximate surface area is 126 Å². The Morgan fingerprint density at radius 2 is 2.38 bits per heavy atom.